The van der Waals surface area contributed by atoms with Crippen LogP contribution in [-0.2, 0) is 75.5 Å². The Morgan fingerprint density at radius 2 is 0.710 bits per heavy atom. The van der Waals surface area contributed by atoms with E-state index in [1.54, 1.807) is 0 Å². The van der Waals surface area contributed by atoms with E-state index in [2.05, 4.69) is 28.4 Å². The van der Waals surface area contributed by atoms with Crippen molar-refractivity contribution in [3.63, 3.8) is 0 Å². The van der Waals surface area contributed by atoms with Gasteiger partial charge in [0.05, 0.1) is 39.6 Å². The molecule has 0 rings (SSSR count). The zero-order valence-corrected chi connectivity index (χ0v) is 20.8. The Morgan fingerprint density at radius 3 is 0.839 bits per heavy atom. The molecule has 15 nitrogen and oxygen atoms in total. The van der Waals surface area contributed by atoms with Crippen molar-refractivity contribution in [3.05, 3.63) is 0 Å². The summed E-state index contributed by atoms with van der Waals surface area (Å²) in [6.45, 7) is 1.58. The minimum Gasteiger partial charge on any atom is -0.480 e. The molecule has 0 aliphatic heterocycles. The van der Waals surface area contributed by atoms with Gasteiger partial charge in [-0.25, -0.2) is 14.4 Å². The quantitative estimate of drug-likeness (QED) is 0.171. The molecule has 0 amide bonds. The van der Waals surface area contributed by atoms with Crippen molar-refractivity contribution in [3.8, 4) is 0 Å². The number of methoxy groups -OCH3 is 3. The Morgan fingerprint density at radius 1 is 0.516 bits per heavy atom. The maximum atomic E-state index is 9.80. The fourth-order valence-electron chi connectivity index (χ4n) is 0.905. The molecule has 0 aromatic rings. The van der Waals surface area contributed by atoms with Crippen LogP contribution in [0.5, 0.6) is 0 Å². The number of carbonyl (C=O) groups is 3. The number of carboxylic acid groups (broad SMARTS) is 3. The summed E-state index contributed by atoms with van der Waals surface area (Å²) in [4.78, 5) is 29.4. The summed E-state index contributed by atoms with van der Waals surface area (Å²) in [7, 11) is 4.60. The first kappa shape index (κ1) is 47.8. The van der Waals surface area contributed by atoms with Crippen LogP contribution >= 0.6 is 0 Å². The molecule has 0 aliphatic rings. The molecule has 0 aliphatic carbocycles. The minimum absolute atomic E-state index is 0. The van der Waals surface area contributed by atoms with Gasteiger partial charge in [0, 0.05) is 54.0 Å². The summed E-state index contributed by atoms with van der Waals surface area (Å²) in [6, 6.07) is 0. The van der Waals surface area contributed by atoms with Crippen LogP contribution in [0, 0.1) is 0 Å². The van der Waals surface area contributed by atoms with Gasteiger partial charge in [-0.05, 0) is 0 Å². The van der Waals surface area contributed by atoms with Crippen LogP contribution in [0.15, 0.2) is 0 Å². The van der Waals surface area contributed by atoms with Gasteiger partial charge in [-0.2, -0.15) is 0 Å². The molecule has 0 spiro atoms. The van der Waals surface area contributed by atoms with E-state index in [0.29, 0.717) is 39.6 Å². The van der Waals surface area contributed by atoms with Crippen molar-refractivity contribution in [2.24, 2.45) is 0 Å². The maximum Gasteiger partial charge on any atom is 0.329 e. The molecule has 0 fully saturated rings. The van der Waals surface area contributed by atoms with Gasteiger partial charge in [0.15, 0.2) is 0 Å². The molecule has 9 N–H and O–H groups in total. The van der Waals surface area contributed by atoms with Gasteiger partial charge < -0.3 is 60.2 Å². The third-order valence-corrected chi connectivity index (χ3v) is 1.97. The van der Waals surface area contributed by atoms with E-state index in [9.17, 15) is 14.4 Å². The first-order chi connectivity index (χ1) is 12.8. The van der Waals surface area contributed by atoms with Crippen molar-refractivity contribution in [2.45, 2.75) is 0 Å². The monoisotopic (exact) mass is 545 g/mol. The van der Waals surface area contributed by atoms with Crippen molar-refractivity contribution in [1.82, 2.24) is 0 Å². The topological polar surface area (TPSA) is 262 Å². The number of carboxylic acids is 3. The second kappa shape index (κ2) is 43.1. The van der Waals surface area contributed by atoms with Crippen LogP contribution < -0.4 is 0 Å². The third-order valence-electron chi connectivity index (χ3n) is 1.97. The molecule has 16 heteroatoms. The third kappa shape index (κ3) is 73.1. The zero-order valence-electron chi connectivity index (χ0n) is 18.0. The summed E-state index contributed by atoms with van der Waals surface area (Å²) in [5.41, 5.74) is 0. The Balaban J connectivity index is -0.0000000524. The fourth-order valence-corrected chi connectivity index (χ4v) is 0.905. The summed E-state index contributed by atoms with van der Waals surface area (Å²) in [6.07, 6.45) is 0. The van der Waals surface area contributed by atoms with E-state index in [1.807, 2.05) is 0 Å². The van der Waals surface area contributed by atoms with Crippen molar-refractivity contribution in [2.75, 3.05) is 80.8 Å². The molecule has 0 heterocycles. The van der Waals surface area contributed by atoms with Gasteiger partial charge >= 0.3 is 17.9 Å². The van der Waals surface area contributed by atoms with Gasteiger partial charge in [0.2, 0.25) is 0 Å². The van der Waals surface area contributed by atoms with Crippen LogP contribution in [0.4, 0.5) is 0 Å². The molecule has 0 atom stereocenters. The standard InChI is InChI=1S/3C5H10O4.3H2O.Y/c3*1-8-2-3-9-4-5(6)7;;;;/h3*2-4H2,1H3,(H,6,7);3*1H2;. The summed E-state index contributed by atoms with van der Waals surface area (Å²) in [5, 5.41) is 24.1. The normalized spacial score (nSPS) is 8.23. The molecule has 0 saturated carbocycles. The Kier molecular flexibility index (Phi) is 66.5. The first-order valence-electron chi connectivity index (χ1n) is 7.67. The van der Waals surface area contributed by atoms with Crippen LogP contribution in [-0.4, -0.2) is 130 Å². The van der Waals surface area contributed by atoms with Crippen LogP contribution in [0.25, 0.3) is 0 Å². The Labute approximate surface area is 205 Å². The van der Waals surface area contributed by atoms with Gasteiger partial charge in [-0.15, -0.1) is 0 Å². The average Bonchev–Trinajstić information content (AvgIpc) is 2.60. The molecule has 1 radical (unpaired) electrons. The molecule has 0 aromatic carbocycles. The van der Waals surface area contributed by atoms with E-state index < -0.39 is 17.9 Å². The number of hydrogen-bond donors (Lipinski definition) is 3. The predicted molar refractivity (Wildman–Crippen MR) is 102 cm³/mol. The second-order valence-corrected chi connectivity index (χ2v) is 4.32. The maximum absolute atomic E-state index is 9.80. The van der Waals surface area contributed by atoms with Gasteiger partial charge in [0.25, 0.3) is 0 Å². The van der Waals surface area contributed by atoms with Crippen LogP contribution in [0.2, 0.25) is 0 Å². The predicted octanol–water partition coefficient (Wildman–Crippen LogP) is -3.27. The molecule has 0 unspecified atom stereocenters. The number of rotatable bonds is 15. The fraction of sp³-hybridized carbons (Fsp3) is 0.800. The SMILES string of the molecule is COCCOCC(=O)O.COCCOCC(=O)O.COCCOCC(=O)O.O.O.O.[Y]. The van der Waals surface area contributed by atoms with E-state index in [-0.39, 0.29) is 69.0 Å². The second-order valence-electron chi connectivity index (χ2n) is 4.32. The number of hydrogen-bond acceptors (Lipinski definition) is 9. The molecule has 31 heavy (non-hydrogen) atoms. The number of ether oxygens (including phenoxy) is 6. The molecular weight excluding hydrogens is 509 g/mol. The molecular formula is C15H36O15Y. The summed E-state index contributed by atoms with van der Waals surface area (Å²) >= 11 is 0. The van der Waals surface area contributed by atoms with Crippen LogP contribution in [0.1, 0.15) is 0 Å². The van der Waals surface area contributed by atoms with Crippen molar-refractivity contribution >= 4 is 17.9 Å². The first-order valence-corrected chi connectivity index (χ1v) is 7.67. The Bertz CT molecular complexity index is 305. The van der Waals surface area contributed by atoms with Gasteiger partial charge in [-0.3, -0.25) is 0 Å². The number of aliphatic carboxylic acids is 3. The molecule has 0 bridgehead atoms. The molecule has 0 saturated heterocycles. The molecule has 189 valence electrons. The van der Waals surface area contributed by atoms with E-state index in [1.165, 1.54) is 21.3 Å². The summed E-state index contributed by atoms with van der Waals surface area (Å²) in [5.74, 6) is -2.86. The van der Waals surface area contributed by atoms with Crippen molar-refractivity contribution < 1.29 is 107 Å². The van der Waals surface area contributed by atoms with Gasteiger partial charge in [0.1, 0.15) is 19.8 Å². The van der Waals surface area contributed by atoms with E-state index in [0.717, 1.165) is 0 Å². The van der Waals surface area contributed by atoms with Gasteiger partial charge in [-0.1, -0.05) is 0 Å². The summed E-state index contributed by atoms with van der Waals surface area (Å²) < 4.78 is 27.6. The van der Waals surface area contributed by atoms with Crippen LogP contribution in [0.3, 0.4) is 0 Å². The average molecular weight is 545 g/mol. The Hall–Kier alpha value is -0.846. The largest absolute Gasteiger partial charge is 0.480 e. The minimum atomic E-state index is -0.953. The molecule has 0 aromatic heterocycles. The smallest absolute Gasteiger partial charge is 0.329 e. The van der Waals surface area contributed by atoms with Crippen molar-refractivity contribution in [1.29, 1.82) is 0 Å². The van der Waals surface area contributed by atoms with E-state index in [4.69, 9.17) is 15.3 Å². The zero-order chi connectivity index (χ0) is 21.3. The van der Waals surface area contributed by atoms with E-state index >= 15 is 0 Å².